The number of hydrogen-bond acceptors (Lipinski definition) is 4. The van der Waals surface area contributed by atoms with Gasteiger partial charge >= 0.3 is 5.97 Å². The summed E-state index contributed by atoms with van der Waals surface area (Å²) < 4.78 is 23.9. The molecule has 0 bridgehead atoms. The number of halogens is 1. The Morgan fingerprint density at radius 3 is 2.89 bits per heavy atom. The molecule has 1 aliphatic carbocycles. The van der Waals surface area contributed by atoms with Gasteiger partial charge in [-0.2, -0.15) is 0 Å². The smallest absolute Gasteiger partial charge is 0.306 e. The molecule has 1 atom stereocenters. The van der Waals surface area contributed by atoms with Crippen LogP contribution in [0.2, 0.25) is 0 Å². The molecule has 0 unspecified atom stereocenters. The van der Waals surface area contributed by atoms with Crippen LogP contribution in [0.4, 0.5) is 4.39 Å². The summed E-state index contributed by atoms with van der Waals surface area (Å²) in [6.07, 6.45) is 3.40. The van der Waals surface area contributed by atoms with Gasteiger partial charge in [0.1, 0.15) is 5.82 Å². The van der Waals surface area contributed by atoms with Gasteiger partial charge in [-0.1, -0.05) is 0 Å². The Kier molecular flexibility index (Phi) is 4.35. The fraction of sp³-hybridized carbons (Fsp3) is 0.571. The number of carbonyl (C=O) groups is 1. The molecular weight excluding hydrogens is 249 g/mol. The molecule has 19 heavy (non-hydrogen) atoms. The van der Waals surface area contributed by atoms with Crippen molar-refractivity contribution >= 4 is 5.97 Å². The predicted octanol–water partition coefficient (Wildman–Crippen LogP) is 2.68. The molecule has 5 heteroatoms. The Balaban J connectivity index is 2.21. The van der Waals surface area contributed by atoms with Crippen LogP contribution in [0.1, 0.15) is 37.7 Å². The van der Waals surface area contributed by atoms with Crippen molar-refractivity contribution in [2.24, 2.45) is 5.92 Å². The summed E-state index contributed by atoms with van der Waals surface area (Å²) in [7, 11) is 1.49. The van der Waals surface area contributed by atoms with E-state index in [0.29, 0.717) is 24.0 Å². The van der Waals surface area contributed by atoms with E-state index in [4.69, 9.17) is 9.47 Å². The first kappa shape index (κ1) is 13.8. The van der Waals surface area contributed by atoms with E-state index in [1.807, 2.05) is 0 Å². The normalized spacial score (nSPS) is 15.9. The lowest BCUT2D eigenvalue weighted by Gasteiger charge is -2.17. The molecule has 0 radical (unpaired) electrons. The molecule has 0 N–H and O–H groups in total. The Morgan fingerprint density at radius 2 is 2.32 bits per heavy atom. The van der Waals surface area contributed by atoms with Gasteiger partial charge in [0.2, 0.25) is 5.88 Å². The number of ether oxygens (including phenoxy) is 2. The second-order valence-electron chi connectivity index (χ2n) is 4.70. The number of pyridine rings is 1. The summed E-state index contributed by atoms with van der Waals surface area (Å²) >= 11 is 0. The first-order valence-electron chi connectivity index (χ1n) is 6.50. The van der Waals surface area contributed by atoms with Gasteiger partial charge in [-0.15, -0.1) is 0 Å². The standard InChI is InChI=1S/C14H18FNO3/c1-3-19-14(17)7-10(9-4-5-9)11-6-13(18-2)16-8-12(11)15/h6,8-10H,3-5,7H2,1-2H3/t10-/m1/s1. The van der Waals surface area contributed by atoms with Crippen LogP contribution in [0.15, 0.2) is 12.3 Å². The van der Waals surface area contributed by atoms with Crippen LogP contribution in [0.3, 0.4) is 0 Å². The molecule has 0 saturated heterocycles. The summed E-state index contributed by atoms with van der Waals surface area (Å²) in [6, 6.07) is 1.58. The lowest BCUT2D eigenvalue weighted by atomic mass is 9.91. The molecule has 2 rings (SSSR count). The second kappa shape index (κ2) is 5.99. The van der Waals surface area contributed by atoms with Crippen molar-refractivity contribution in [1.82, 2.24) is 4.98 Å². The lowest BCUT2D eigenvalue weighted by Crippen LogP contribution is -2.13. The van der Waals surface area contributed by atoms with Crippen LogP contribution in [-0.2, 0) is 9.53 Å². The topological polar surface area (TPSA) is 48.4 Å². The van der Waals surface area contributed by atoms with Gasteiger partial charge in [-0.25, -0.2) is 9.37 Å². The molecule has 0 amide bonds. The third-order valence-electron chi connectivity index (χ3n) is 3.35. The third kappa shape index (κ3) is 3.43. The predicted molar refractivity (Wildman–Crippen MR) is 67.5 cm³/mol. The van der Waals surface area contributed by atoms with Gasteiger partial charge in [-0.3, -0.25) is 4.79 Å². The van der Waals surface area contributed by atoms with E-state index in [1.165, 1.54) is 7.11 Å². The Bertz CT molecular complexity index is 460. The molecule has 104 valence electrons. The quantitative estimate of drug-likeness (QED) is 0.743. The average Bonchev–Trinajstić information content (AvgIpc) is 3.21. The van der Waals surface area contributed by atoms with Crippen molar-refractivity contribution in [1.29, 1.82) is 0 Å². The molecular formula is C14H18FNO3. The van der Waals surface area contributed by atoms with Gasteiger partial charge in [-0.05, 0) is 31.2 Å². The van der Waals surface area contributed by atoms with Crippen LogP contribution in [0, 0.1) is 11.7 Å². The summed E-state index contributed by atoms with van der Waals surface area (Å²) in [4.78, 5) is 15.5. The first-order chi connectivity index (χ1) is 9.15. The van der Waals surface area contributed by atoms with E-state index in [9.17, 15) is 9.18 Å². The number of hydrogen-bond donors (Lipinski definition) is 0. The number of methoxy groups -OCH3 is 1. The molecule has 1 fully saturated rings. The minimum absolute atomic E-state index is 0.143. The minimum atomic E-state index is -0.387. The molecule has 0 aliphatic heterocycles. The largest absolute Gasteiger partial charge is 0.481 e. The van der Waals surface area contributed by atoms with E-state index >= 15 is 0 Å². The van der Waals surface area contributed by atoms with E-state index in [-0.39, 0.29) is 24.1 Å². The minimum Gasteiger partial charge on any atom is -0.481 e. The van der Waals surface area contributed by atoms with Gasteiger partial charge in [0, 0.05) is 12.0 Å². The van der Waals surface area contributed by atoms with Crippen LogP contribution in [0.25, 0.3) is 0 Å². The zero-order chi connectivity index (χ0) is 13.8. The highest BCUT2D eigenvalue weighted by Crippen LogP contribution is 2.45. The number of esters is 1. The molecule has 1 aromatic heterocycles. The second-order valence-corrected chi connectivity index (χ2v) is 4.70. The lowest BCUT2D eigenvalue weighted by molar-refractivity contribution is -0.143. The van der Waals surface area contributed by atoms with Crippen molar-refractivity contribution in [3.8, 4) is 5.88 Å². The van der Waals surface area contributed by atoms with Crippen LogP contribution in [-0.4, -0.2) is 24.7 Å². The maximum absolute atomic E-state index is 13.9. The molecule has 4 nitrogen and oxygen atoms in total. The molecule has 1 aliphatic rings. The van der Waals surface area contributed by atoms with Crippen LogP contribution >= 0.6 is 0 Å². The van der Waals surface area contributed by atoms with E-state index in [2.05, 4.69) is 4.98 Å². The fourth-order valence-electron chi connectivity index (χ4n) is 2.26. The van der Waals surface area contributed by atoms with E-state index in [1.54, 1.807) is 13.0 Å². The highest BCUT2D eigenvalue weighted by molar-refractivity contribution is 5.70. The molecule has 0 aromatic carbocycles. The Labute approximate surface area is 111 Å². The van der Waals surface area contributed by atoms with Crippen molar-refractivity contribution in [2.75, 3.05) is 13.7 Å². The highest BCUT2D eigenvalue weighted by Gasteiger charge is 2.36. The molecule has 1 aromatic rings. The number of carbonyl (C=O) groups excluding carboxylic acids is 1. The van der Waals surface area contributed by atoms with Gasteiger partial charge < -0.3 is 9.47 Å². The van der Waals surface area contributed by atoms with Crippen molar-refractivity contribution in [2.45, 2.75) is 32.1 Å². The van der Waals surface area contributed by atoms with E-state index < -0.39 is 0 Å². The fourth-order valence-corrected chi connectivity index (χ4v) is 2.26. The maximum atomic E-state index is 13.9. The van der Waals surface area contributed by atoms with Gasteiger partial charge in [0.05, 0.1) is 26.3 Å². The Morgan fingerprint density at radius 1 is 1.58 bits per heavy atom. The highest BCUT2D eigenvalue weighted by atomic mass is 19.1. The van der Waals surface area contributed by atoms with Crippen molar-refractivity contribution in [3.05, 3.63) is 23.6 Å². The zero-order valence-corrected chi connectivity index (χ0v) is 11.2. The molecule has 0 spiro atoms. The van der Waals surface area contributed by atoms with Crippen molar-refractivity contribution < 1.29 is 18.7 Å². The summed E-state index contributed by atoms with van der Waals surface area (Å²) in [5.41, 5.74) is 0.502. The van der Waals surface area contributed by atoms with Crippen molar-refractivity contribution in [3.63, 3.8) is 0 Å². The van der Waals surface area contributed by atoms with E-state index in [0.717, 1.165) is 19.0 Å². The van der Waals surface area contributed by atoms with Gasteiger partial charge in [0.15, 0.2) is 0 Å². The summed E-state index contributed by atoms with van der Waals surface area (Å²) in [5, 5.41) is 0. The summed E-state index contributed by atoms with van der Waals surface area (Å²) in [6.45, 7) is 2.11. The number of aromatic nitrogens is 1. The molecule has 1 heterocycles. The summed E-state index contributed by atoms with van der Waals surface area (Å²) in [5.74, 6) is -0.0931. The van der Waals surface area contributed by atoms with Crippen LogP contribution < -0.4 is 4.74 Å². The van der Waals surface area contributed by atoms with Crippen LogP contribution in [0.5, 0.6) is 5.88 Å². The SMILES string of the molecule is CCOC(=O)C[C@@H](c1cc(OC)ncc1F)C1CC1. The third-order valence-corrected chi connectivity index (χ3v) is 3.35. The average molecular weight is 267 g/mol. The number of rotatable bonds is 6. The zero-order valence-electron chi connectivity index (χ0n) is 11.2. The monoisotopic (exact) mass is 267 g/mol. The maximum Gasteiger partial charge on any atom is 0.306 e. The Hall–Kier alpha value is -1.65. The number of nitrogens with zero attached hydrogens (tertiary/aromatic N) is 1. The molecule has 1 saturated carbocycles. The first-order valence-corrected chi connectivity index (χ1v) is 6.50. The van der Waals surface area contributed by atoms with Gasteiger partial charge in [0.25, 0.3) is 0 Å².